The second-order valence-corrected chi connectivity index (χ2v) is 6.01. The predicted molar refractivity (Wildman–Crippen MR) is 98.5 cm³/mol. The maximum atomic E-state index is 12.9. The summed E-state index contributed by atoms with van der Waals surface area (Å²) < 4.78 is 18.3. The standard InChI is InChI=1S/C17H20FN3O2.2ClH/c18-12-3-1-11(2-4-12)17-21-15(10-23-17)9-16(22)20-14-7-5-13(19)6-8-14;;/h1-4,10,13-14H,5-9,19H2,(H,20,22);2*1H. The van der Waals surface area contributed by atoms with Gasteiger partial charge in [0.2, 0.25) is 11.8 Å². The Morgan fingerprint density at radius 1 is 1.20 bits per heavy atom. The molecule has 3 N–H and O–H groups in total. The molecule has 1 aromatic carbocycles. The molecular formula is C17H22Cl2FN3O2. The summed E-state index contributed by atoms with van der Waals surface area (Å²) in [7, 11) is 0. The Bertz CT molecular complexity index is 671. The van der Waals surface area contributed by atoms with Crippen LogP contribution in [0, 0.1) is 5.82 Å². The highest BCUT2D eigenvalue weighted by Gasteiger charge is 2.20. The Hall–Kier alpha value is -1.63. The molecule has 1 aliphatic rings. The van der Waals surface area contributed by atoms with E-state index in [1.807, 2.05) is 0 Å². The topological polar surface area (TPSA) is 81.1 Å². The number of carbonyl (C=O) groups excluding carboxylic acids is 1. The Labute approximate surface area is 158 Å². The molecule has 1 aromatic heterocycles. The Morgan fingerprint density at radius 2 is 1.84 bits per heavy atom. The van der Waals surface area contributed by atoms with Gasteiger partial charge in [0.05, 0.1) is 12.1 Å². The van der Waals surface area contributed by atoms with Gasteiger partial charge in [-0.25, -0.2) is 9.37 Å². The van der Waals surface area contributed by atoms with Crippen molar-refractivity contribution in [3.63, 3.8) is 0 Å². The normalized spacial score (nSPS) is 19.4. The van der Waals surface area contributed by atoms with Crippen LogP contribution < -0.4 is 11.1 Å². The van der Waals surface area contributed by atoms with Crippen molar-refractivity contribution in [1.82, 2.24) is 10.3 Å². The van der Waals surface area contributed by atoms with Crippen LogP contribution in [0.2, 0.25) is 0 Å². The number of halogens is 3. The third-order valence-electron chi connectivity index (χ3n) is 4.12. The minimum Gasteiger partial charge on any atom is -0.444 e. The van der Waals surface area contributed by atoms with Gasteiger partial charge in [0, 0.05) is 17.6 Å². The third-order valence-corrected chi connectivity index (χ3v) is 4.12. The molecule has 0 atom stereocenters. The van der Waals surface area contributed by atoms with Crippen molar-refractivity contribution in [3.8, 4) is 11.5 Å². The zero-order valence-corrected chi connectivity index (χ0v) is 15.2. The summed E-state index contributed by atoms with van der Waals surface area (Å²) in [6, 6.07) is 6.34. The molecule has 0 aliphatic heterocycles. The second kappa shape index (κ2) is 9.75. The van der Waals surface area contributed by atoms with Crippen LogP contribution in [0.1, 0.15) is 31.4 Å². The number of oxazole rings is 1. The van der Waals surface area contributed by atoms with E-state index >= 15 is 0 Å². The minimum atomic E-state index is -0.313. The van der Waals surface area contributed by atoms with Gasteiger partial charge in [0.25, 0.3) is 0 Å². The molecule has 3 rings (SSSR count). The molecule has 8 heteroatoms. The maximum Gasteiger partial charge on any atom is 0.226 e. The molecule has 1 aliphatic carbocycles. The van der Waals surface area contributed by atoms with Crippen molar-refractivity contribution in [2.75, 3.05) is 0 Å². The molecule has 25 heavy (non-hydrogen) atoms. The molecule has 0 unspecified atom stereocenters. The number of hydrogen-bond acceptors (Lipinski definition) is 4. The first-order valence-corrected chi connectivity index (χ1v) is 7.85. The highest BCUT2D eigenvalue weighted by Crippen LogP contribution is 2.20. The molecule has 5 nitrogen and oxygen atoms in total. The number of amides is 1. The van der Waals surface area contributed by atoms with E-state index in [0.717, 1.165) is 25.7 Å². The average Bonchev–Trinajstić information content (AvgIpc) is 2.98. The number of benzene rings is 1. The summed E-state index contributed by atoms with van der Waals surface area (Å²) in [5.41, 5.74) is 7.10. The molecule has 1 amide bonds. The number of carbonyl (C=O) groups is 1. The van der Waals surface area contributed by atoms with Crippen molar-refractivity contribution in [1.29, 1.82) is 0 Å². The van der Waals surface area contributed by atoms with Crippen LogP contribution >= 0.6 is 24.8 Å². The zero-order chi connectivity index (χ0) is 16.2. The van der Waals surface area contributed by atoms with E-state index < -0.39 is 0 Å². The molecule has 1 heterocycles. The van der Waals surface area contributed by atoms with Gasteiger partial charge in [-0.15, -0.1) is 24.8 Å². The van der Waals surface area contributed by atoms with Crippen molar-refractivity contribution in [3.05, 3.63) is 42.0 Å². The van der Waals surface area contributed by atoms with Crippen molar-refractivity contribution < 1.29 is 13.6 Å². The maximum absolute atomic E-state index is 12.9. The molecule has 1 saturated carbocycles. The van der Waals surface area contributed by atoms with E-state index in [9.17, 15) is 9.18 Å². The molecule has 138 valence electrons. The highest BCUT2D eigenvalue weighted by atomic mass is 35.5. The molecule has 0 bridgehead atoms. The number of aromatic nitrogens is 1. The van der Waals surface area contributed by atoms with Gasteiger partial charge < -0.3 is 15.5 Å². The molecule has 0 saturated heterocycles. The lowest BCUT2D eigenvalue weighted by molar-refractivity contribution is -0.121. The lowest BCUT2D eigenvalue weighted by Crippen LogP contribution is -2.41. The lowest BCUT2D eigenvalue weighted by Gasteiger charge is -2.26. The summed E-state index contributed by atoms with van der Waals surface area (Å²) in [6.07, 6.45) is 5.38. The fraction of sp³-hybridized carbons (Fsp3) is 0.412. The van der Waals surface area contributed by atoms with E-state index in [1.54, 1.807) is 12.1 Å². The SMILES string of the molecule is Cl.Cl.NC1CCC(NC(=O)Cc2coc(-c3ccc(F)cc3)n2)CC1. The van der Waals surface area contributed by atoms with E-state index in [0.29, 0.717) is 17.1 Å². The third kappa shape index (κ3) is 5.99. The fourth-order valence-electron chi connectivity index (χ4n) is 2.82. The minimum absolute atomic E-state index is 0. The van der Waals surface area contributed by atoms with Crippen LogP contribution in [0.25, 0.3) is 11.5 Å². The van der Waals surface area contributed by atoms with E-state index in [4.69, 9.17) is 10.2 Å². The quantitative estimate of drug-likeness (QED) is 0.840. The van der Waals surface area contributed by atoms with Crippen molar-refractivity contribution in [2.45, 2.75) is 44.2 Å². The van der Waals surface area contributed by atoms with E-state index in [2.05, 4.69) is 10.3 Å². The molecule has 1 fully saturated rings. The summed E-state index contributed by atoms with van der Waals surface area (Å²) >= 11 is 0. The van der Waals surface area contributed by atoms with Crippen molar-refractivity contribution >= 4 is 30.7 Å². The second-order valence-electron chi connectivity index (χ2n) is 6.01. The smallest absolute Gasteiger partial charge is 0.226 e. The van der Waals surface area contributed by atoms with Gasteiger partial charge in [-0.2, -0.15) is 0 Å². The lowest BCUT2D eigenvalue weighted by atomic mass is 9.92. The first-order chi connectivity index (χ1) is 11.1. The van der Waals surface area contributed by atoms with Crippen LogP contribution in [0.15, 0.2) is 34.9 Å². The number of nitrogens with one attached hydrogen (secondary N) is 1. The largest absolute Gasteiger partial charge is 0.444 e. The monoisotopic (exact) mass is 389 g/mol. The highest BCUT2D eigenvalue weighted by molar-refractivity contribution is 5.85. The van der Waals surface area contributed by atoms with Gasteiger partial charge in [-0.05, 0) is 49.9 Å². The van der Waals surface area contributed by atoms with Crippen LogP contribution in [-0.2, 0) is 11.2 Å². The first-order valence-electron chi connectivity index (χ1n) is 7.85. The average molecular weight is 390 g/mol. The zero-order valence-electron chi connectivity index (χ0n) is 13.6. The fourth-order valence-corrected chi connectivity index (χ4v) is 2.82. The van der Waals surface area contributed by atoms with E-state index in [-0.39, 0.29) is 55.0 Å². The molecule has 0 spiro atoms. The predicted octanol–water partition coefficient (Wildman–Crippen LogP) is 3.25. The van der Waals surface area contributed by atoms with Crippen LogP contribution in [0.3, 0.4) is 0 Å². The van der Waals surface area contributed by atoms with Crippen LogP contribution in [0.4, 0.5) is 4.39 Å². The summed E-state index contributed by atoms with van der Waals surface area (Å²) in [4.78, 5) is 16.4. The Balaban J connectivity index is 0.00000156. The molecule has 0 radical (unpaired) electrons. The van der Waals surface area contributed by atoms with Crippen molar-refractivity contribution in [2.24, 2.45) is 5.73 Å². The van der Waals surface area contributed by atoms with Gasteiger partial charge in [-0.3, -0.25) is 4.79 Å². The number of hydrogen-bond donors (Lipinski definition) is 2. The summed E-state index contributed by atoms with van der Waals surface area (Å²) in [5.74, 6) is 0.00738. The number of nitrogens with zero attached hydrogens (tertiary/aromatic N) is 1. The Morgan fingerprint density at radius 3 is 2.48 bits per heavy atom. The summed E-state index contributed by atoms with van der Waals surface area (Å²) in [5, 5.41) is 3.02. The molecular weight excluding hydrogens is 368 g/mol. The molecule has 2 aromatic rings. The van der Waals surface area contributed by atoms with Gasteiger partial charge in [0.15, 0.2) is 0 Å². The van der Waals surface area contributed by atoms with Gasteiger partial charge in [0.1, 0.15) is 12.1 Å². The van der Waals surface area contributed by atoms with Gasteiger partial charge in [-0.1, -0.05) is 0 Å². The van der Waals surface area contributed by atoms with Crippen LogP contribution in [-0.4, -0.2) is 23.0 Å². The van der Waals surface area contributed by atoms with E-state index in [1.165, 1.54) is 18.4 Å². The number of nitrogens with two attached hydrogens (primary N) is 1. The first kappa shape index (κ1) is 21.4. The number of rotatable bonds is 4. The van der Waals surface area contributed by atoms with Crippen LogP contribution in [0.5, 0.6) is 0 Å². The van der Waals surface area contributed by atoms with Gasteiger partial charge >= 0.3 is 0 Å². The Kier molecular flexibility index (Phi) is 8.35. The summed E-state index contributed by atoms with van der Waals surface area (Å²) in [6.45, 7) is 0.